The van der Waals surface area contributed by atoms with Gasteiger partial charge in [-0.2, -0.15) is 0 Å². The summed E-state index contributed by atoms with van der Waals surface area (Å²) in [6, 6.07) is 11.6. The zero-order valence-electron chi connectivity index (χ0n) is 13.9. The molecule has 7 heteroatoms. The fourth-order valence-electron chi connectivity index (χ4n) is 2.21. The van der Waals surface area contributed by atoms with Crippen molar-refractivity contribution in [2.45, 2.75) is 17.9 Å². The van der Waals surface area contributed by atoms with Crippen LogP contribution in [0.1, 0.15) is 24.1 Å². The quantitative estimate of drug-likeness (QED) is 0.831. The van der Waals surface area contributed by atoms with Crippen LogP contribution in [0.4, 0.5) is 4.39 Å². The average Bonchev–Trinajstić information content (AvgIpc) is 2.59. The summed E-state index contributed by atoms with van der Waals surface area (Å²) in [5.41, 5.74) is 1.49. The maximum Gasteiger partial charge on any atom is 0.246 e. The van der Waals surface area contributed by atoms with E-state index in [2.05, 4.69) is 0 Å². The van der Waals surface area contributed by atoms with Gasteiger partial charge in [0.05, 0.1) is 10.9 Å². The number of nitrogens with zero attached hydrogens (tertiary/aromatic N) is 1. The summed E-state index contributed by atoms with van der Waals surface area (Å²) >= 11 is 0. The maximum absolute atomic E-state index is 12.9. The predicted molar refractivity (Wildman–Crippen MR) is 94.4 cm³/mol. The van der Waals surface area contributed by atoms with E-state index in [1.54, 1.807) is 37.4 Å². The van der Waals surface area contributed by atoms with Gasteiger partial charge >= 0.3 is 0 Å². The zero-order chi connectivity index (χ0) is 18.6. The van der Waals surface area contributed by atoms with Crippen LogP contribution in [0.25, 0.3) is 6.08 Å². The van der Waals surface area contributed by atoms with Crippen LogP contribution < -0.4 is 5.14 Å². The Bertz CT molecular complexity index is 876. The van der Waals surface area contributed by atoms with Gasteiger partial charge in [-0.15, -0.1) is 0 Å². The summed E-state index contributed by atoms with van der Waals surface area (Å²) in [5.74, 6) is -0.565. The van der Waals surface area contributed by atoms with Gasteiger partial charge in [0.15, 0.2) is 0 Å². The van der Waals surface area contributed by atoms with Crippen LogP contribution in [0.15, 0.2) is 59.5 Å². The Morgan fingerprint density at radius 1 is 1.12 bits per heavy atom. The lowest BCUT2D eigenvalue weighted by Gasteiger charge is -2.24. The Labute approximate surface area is 146 Å². The number of halogens is 1. The Morgan fingerprint density at radius 3 is 2.20 bits per heavy atom. The molecule has 2 rings (SSSR count). The van der Waals surface area contributed by atoms with Gasteiger partial charge in [-0.3, -0.25) is 4.79 Å². The lowest BCUT2D eigenvalue weighted by molar-refractivity contribution is -0.126. The normalized spacial score (nSPS) is 13.0. The molecule has 2 N–H and O–H groups in total. The van der Waals surface area contributed by atoms with E-state index in [4.69, 9.17) is 5.14 Å². The van der Waals surface area contributed by atoms with Crippen LogP contribution in [0.3, 0.4) is 0 Å². The first kappa shape index (κ1) is 18.8. The fourth-order valence-corrected chi connectivity index (χ4v) is 2.72. The summed E-state index contributed by atoms with van der Waals surface area (Å²) in [4.78, 5) is 13.8. The molecule has 0 aromatic heterocycles. The Kier molecular flexibility index (Phi) is 5.71. The molecule has 0 aliphatic heterocycles. The van der Waals surface area contributed by atoms with Gasteiger partial charge < -0.3 is 4.90 Å². The second kappa shape index (κ2) is 7.58. The van der Waals surface area contributed by atoms with Crippen molar-refractivity contribution in [1.29, 1.82) is 0 Å². The summed E-state index contributed by atoms with van der Waals surface area (Å²) in [6.07, 6.45) is 3.01. The number of carbonyl (C=O) groups is 1. The van der Waals surface area contributed by atoms with E-state index >= 15 is 0 Å². The fraction of sp³-hybridized carbons (Fsp3) is 0.167. The SMILES string of the molecule is CC(c1ccc(S(N)(=O)=O)cc1)N(C)C(=O)/C=C/c1ccc(F)cc1. The number of primary sulfonamides is 1. The molecule has 0 aliphatic carbocycles. The highest BCUT2D eigenvalue weighted by Crippen LogP contribution is 2.21. The van der Waals surface area contributed by atoms with Crippen LogP contribution in [0.5, 0.6) is 0 Å². The lowest BCUT2D eigenvalue weighted by atomic mass is 10.1. The first-order valence-electron chi connectivity index (χ1n) is 7.51. The van der Waals surface area contributed by atoms with Gasteiger partial charge in [0, 0.05) is 13.1 Å². The van der Waals surface area contributed by atoms with Crippen molar-refractivity contribution in [3.63, 3.8) is 0 Å². The number of hydrogen-bond donors (Lipinski definition) is 1. The molecule has 2 aromatic rings. The molecule has 0 spiro atoms. The lowest BCUT2D eigenvalue weighted by Crippen LogP contribution is -2.28. The van der Waals surface area contributed by atoms with Crippen molar-refractivity contribution in [3.8, 4) is 0 Å². The van der Waals surface area contributed by atoms with Gasteiger partial charge in [-0.05, 0) is 48.4 Å². The molecule has 132 valence electrons. The Hall–Kier alpha value is -2.51. The summed E-state index contributed by atoms with van der Waals surface area (Å²) in [7, 11) is -2.09. The third-order valence-corrected chi connectivity index (χ3v) is 4.84. The van der Waals surface area contributed by atoms with E-state index in [0.29, 0.717) is 5.56 Å². The highest BCUT2D eigenvalue weighted by atomic mass is 32.2. The van der Waals surface area contributed by atoms with E-state index in [9.17, 15) is 17.6 Å². The molecule has 0 heterocycles. The number of amides is 1. The smallest absolute Gasteiger partial charge is 0.246 e. The van der Waals surface area contributed by atoms with Crippen LogP contribution >= 0.6 is 0 Å². The third kappa shape index (κ3) is 4.98. The molecule has 0 saturated heterocycles. The topological polar surface area (TPSA) is 80.5 Å². The maximum atomic E-state index is 12.9. The van der Waals surface area contributed by atoms with Crippen LogP contribution in [-0.4, -0.2) is 26.3 Å². The summed E-state index contributed by atoms with van der Waals surface area (Å²) in [6.45, 7) is 1.83. The van der Waals surface area contributed by atoms with E-state index in [0.717, 1.165) is 5.56 Å². The van der Waals surface area contributed by atoms with Gasteiger partial charge in [0.1, 0.15) is 5.82 Å². The third-order valence-electron chi connectivity index (χ3n) is 3.91. The highest BCUT2D eigenvalue weighted by Gasteiger charge is 2.16. The van der Waals surface area contributed by atoms with E-state index < -0.39 is 10.0 Å². The Morgan fingerprint density at radius 2 is 1.68 bits per heavy atom. The number of carbonyl (C=O) groups excluding carboxylic acids is 1. The van der Waals surface area contributed by atoms with E-state index in [-0.39, 0.29) is 22.7 Å². The van der Waals surface area contributed by atoms with Crippen molar-refractivity contribution in [3.05, 3.63) is 71.6 Å². The van der Waals surface area contributed by atoms with E-state index in [1.807, 2.05) is 6.92 Å². The molecule has 2 aromatic carbocycles. The minimum atomic E-state index is -3.74. The van der Waals surface area contributed by atoms with Crippen LogP contribution in [0, 0.1) is 5.82 Å². The number of benzene rings is 2. The number of likely N-dealkylation sites (N-methyl/N-ethyl adjacent to an activating group) is 1. The molecule has 5 nitrogen and oxygen atoms in total. The molecule has 25 heavy (non-hydrogen) atoms. The van der Waals surface area contributed by atoms with Crippen molar-refractivity contribution >= 4 is 22.0 Å². The minimum Gasteiger partial charge on any atom is -0.335 e. The van der Waals surface area contributed by atoms with Crippen molar-refractivity contribution in [2.24, 2.45) is 5.14 Å². The first-order valence-corrected chi connectivity index (χ1v) is 9.06. The molecular formula is C18H19FN2O3S. The number of sulfonamides is 1. The molecule has 1 atom stereocenters. The molecule has 0 fully saturated rings. The first-order chi connectivity index (χ1) is 11.7. The van der Waals surface area contributed by atoms with Crippen molar-refractivity contribution < 1.29 is 17.6 Å². The molecule has 1 amide bonds. The molecule has 0 saturated carbocycles. The average molecular weight is 362 g/mol. The monoisotopic (exact) mass is 362 g/mol. The number of rotatable bonds is 5. The highest BCUT2D eigenvalue weighted by molar-refractivity contribution is 7.89. The predicted octanol–water partition coefficient (Wildman–Crippen LogP) is 2.71. The molecular weight excluding hydrogens is 343 g/mol. The van der Waals surface area contributed by atoms with Gasteiger partial charge in [0.2, 0.25) is 15.9 Å². The van der Waals surface area contributed by atoms with Gasteiger partial charge in [-0.25, -0.2) is 17.9 Å². The zero-order valence-corrected chi connectivity index (χ0v) is 14.7. The molecule has 0 radical (unpaired) electrons. The summed E-state index contributed by atoms with van der Waals surface area (Å²) < 4.78 is 35.4. The van der Waals surface area contributed by atoms with Crippen molar-refractivity contribution in [1.82, 2.24) is 4.90 Å². The van der Waals surface area contributed by atoms with Crippen LogP contribution in [0.2, 0.25) is 0 Å². The second-order valence-electron chi connectivity index (χ2n) is 5.62. The van der Waals surface area contributed by atoms with Crippen molar-refractivity contribution in [2.75, 3.05) is 7.05 Å². The van der Waals surface area contributed by atoms with Crippen LogP contribution in [-0.2, 0) is 14.8 Å². The number of nitrogens with two attached hydrogens (primary N) is 1. The largest absolute Gasteiger partial charge is 0.335 e. The number of hydrogen-bond acceptors (Lipinski definition) is 3. The second-order valence-corrected chi connectivity index (χ2v) is 7.19. The standard InChI is InChI=1S/C18H19FN2O3S/c1-13(15-6-10-17(11-7-15)25(20,23)24)21(2)18(22)12-5-14-3-8-16(19)9-4-14/h3-13H,1-2H3,(H2,20,23,24)/b12-5+. The van der Waals surface area contributed by atoms with E-state index in [1.165, 1.54) is 35.2 Å². The minimum absolute atomic E-state index is 0.0219. The summed E-state index contributed by atoms with van der Waals surface area (Å²) in [5, 5.41) is 5.07. The van der Waals surface area contributed by atoms with Gasteiger partial charge in [0.25, 0.3) is 0 Å². The van der Waals surface area contributed by atoms with Gasteiger partial charge in [-0.1, -0.05) is 24.3 Å². The Balaban J connectivity index is 2.09. The molecule has 0 bridgehead atoms. The molecule has 0 aliphatic rings. The molecule has 1 unspecified atom stereocenters.